The molecule has 1 heterocycles. The highest BCUT2D eigenvalue weighted by Crippen LogP contribution is 2.32. The zero-order chi connectivity index (χ0) is 17.2. The third kappa shape index (κ3) is 3.91. The molecule has 2 aliphatic rings. The third-order valence-electron chi connectivity index (χ3n) is 5.08. The van der Waals surface area contributed by atoms with Crippen LogP contribution < -0.4 is 0 Å². The first-order valence-corrected chi connectivity index (χ1v) is 8.63. The number of amides is 1. The summed E-state index contributed by atoms with van der Waals surface area (Å²) in [6.07, 6.45) is 0.161. The highest BCUT2D eigenvalue weighted by atomic mass is 19.4. The van der Waals surface area contributed by atoms with Gasteiger partial charge in [-0.25, -0.2) is 0 Å². The van der Waals surface area contributed by atoms with Crippen LogP contribution in [0.2, 0.25) is 0 Å². The van der Waals surface area contributed by atoms with Gasteiger partial charge in [-0.3, -0.25) is 4.79 Å². The van der Waals surface area contributed by atoms with Gasteiger partial charge in [-0.05, 0) is 43.9 Å². The van der Waals surface area contributed by atoms with Crippen molar-refractivity contribution in [2.75, 3.05) is 32.7 Å². The number of carbonyl (C=O) groups excluding carboxylic acids is 1. The van der Waals surface area contributed by atoms with E-state index in [9.17, 15) is 18.0 Å². The topological polar surface area (TPSA) is 23.6 Å². The molecule has 1 aromatic rings. The third-order valence-corrected chi connectivity index (χ3v) is 5.08. The minimum absolute atomic E-state index is 0.238. The van der Waals surface area contributed by atoms with Crippen molar-refractivity contribution in [1.82, 2.24) is 9.80 Å². The Hall–Kier alpha value is -1.56. The predicted octanol–water partition coefficient (Wildman–Crippen LogP) is 3.65. The van der Waals surface area contributed by atoms with Crippen LogP contribution in [0.1, 0.15) is 41.6 Å². The smallest absolute Gasteiger partial charge is 0.337 e. The van der Waals surface area contributed by atoms with Crippen LogP contribution in [0.5, 0.6) is 0 Å². The van der Waals surface area contributed by atoms with Crippen LogP contribution in [0.15, 0.2) is 24.3 Å². The standard InChI is InChI=1S/C18H23F3N2O/c19-18(20,21)16-8-2-1-7-15(16)17(24)23-10-4-9-22(11-12-23)13-14-5-3-6-14/h1-2,7-8,14H,3-6,9-13H2. The van der Waals surface area contributed by atoms with Crippen molar-refractivity contribution in [3.05, 3.63) is 35.4 Å². The lowest BCUT2D eigenvalue weighted by Crippen LogP contribution is -2.38. The zero-order valence-corrected chi connectivity index (χ0v) is 13.7. The first-order valence-electron chi connectivity index (χ1n) is 8.63. The summed E-state index contributed by atoms with van der Waals surface area (Å²) in [5.74, 6) is 0.256. The van der Waals surface area contributed by atoms with Crippen LogP contribution in [0.4, 0.5) is 13.2 Å². The lowest BCUT2D eigenvalue weighted by molar-refractivity contribution is -0.138. The normalized spacial score (nSPS) is 20.5. The van der Waals surface area contributed by atoms with E-state index < -0.39 is 17.6 Å². The van der Waals surface area contributed by atoms with Crippen LogP contribution in [-0.2, 0) is 6.18 Å². The first-order chi connectivity index (χ1) is 11.4. The Balaban J connectivity index is 1.67. The van der Waals surface area contributed by atoms with E-state index in [1.165, 1.54) is 37.5 Å². The van der Waals surface area contributed by atoms with Crippen molar-refractivity contribution < 1.29 is 18.0 Å². The number of hydrogen-bond donors (Lipinski definition) is 0. The maximum absolute atomic E-state index is 13.1. The van der Waals surface area contributed by atoms with Crippen molar-refractivity contribution in [2.24, 2.45) is 5.92 Å². The number of rotatable bonds is 3. The SMILES string of the molecule is O=C(c1ccccc1C(F)(F)F)N1CCCN(CC2CCC2)CC1. The van der Waals surface area contributed by atoms with Crippen molar-refractivity contribution in [3.63, 3.8) is 0 Å². The van der Waals surface area contributed by atoms with Crippen molar-refractivity contribution >= 4 is 5.91 Å². The molecule has 1 aliphatic heterocycles. The number of carbonyl (C=O) groups is 1. The molecule has 132 valence electrons. The molecule has 0 aromatic heterocycles. The molecule has 6 heteroatoms. The van der Waals surface area contributed by atoms with Gasteiger partial charge < -0.3 is 9.80 Å². The maximum atomic E-state index is 13.1. The summed E-state index contributed by atoms with van der Waals surface area (Å²) < 4.78 is 39.4. The fourth-order valence-corrected chi connectivity index (χ4v) is 3.48. The molecule has 1 amide bonds. The molecule has 1 saturated heterocycles. The molecular formula is C18H23F3N2O. The van der Waals surface area contributed by atoms with Gasteiger partial charge in [0.1, 0.15) is 0 Å². The molecule has 0 N–H and O–H groups in total. The molecule has 3 rings (SSSR count). The van der Waals surface area contributed by atoms with E-state index in [1.54, 1.807) is 4.90 Å². The van der Waals surface area contributed by atoms with Gasteiger partial charge in [0.2, 0.25) is 0 Å². The van der Waals surface area contributed by atoms with E-state index in [4.69, 9.17) is 0 Å². The molecule has 2 fully saturated rings. The molecular weight excluding hydrogens is 317 g/mol. The summed E-state index contributed by atoms with van der Waals surface area (Å²) in [5.41, 5.74) is -1.08. The fourth-order valence-electron chi connectivity index (χ4n) is 3.48. The number of hydrogen-bond acceptors (Lipinski definition) is 2. The van der Waals surface area contributed by atoms with Gasteiger partial charge in [0.25, 0.3) is 5.91 Å². The van der Waals surface area contributed by atoms with E-state index in [1.807, 2.05) is 0 Å². The van der Waals surface area contributed by atoms with Crippen molar-refractivity contribution in [3.8, 4) is 0 Å². The highest BCUT2D eigenvalue weighted by Gasteiger charge is 2.36. The highest BCUT2D eigenvalue weighted by molar-refractivity contribution is 5.96. The quantitative estimate of drug-likeness (QED) is 0.838. The molecule has 0 bridgehead atoms. The van der Waals surface area contributed by atoms with E-state index >= 15 is 0 Å². The molecule has 0 radical (unpaired) electrons. The lowest BCUT2D eigenvalue weighted by atomic mass is 9.85. The molecule has 0 atom stereocenters. The Labute approximate surface area is 140 Å². The molecule has 3 nitrogen and oxygen atoms in total. The Morgan fingerprint density at radius 3 is 2.46 bits per heavy atom. The number of benzene rings is 1. The molecule has 1 aliphatic carbocycles. The Bertz CT molecular complexity index is 584. The monoisotopic (exact) mass is 340 g/mol. The van der Waals surface area contributed by atoms with Gasteiger partial charge in [-0.1, -0.05) is 18.6 Å². The van der Waals surface area contributed by atoms with Gasteiger partial charge in [-0.15, -0.1) is 0 Å². The Morgan fingerprint density at radius 2 is 1.79 bits per heavy atom. The van der Waals surface area contributed by atoms with E-state index in [0.29, 0.717) is 13.1 Å². The summed E-state index contributed by atoms with van der Waals surface area (Å²) in [6.45, 7) is 3.74. The van der Waals surface area contributed by atoms with E-state index in [2.05, 4.69) is 4.90 Å². The summed E-state index contributed by atoms with van der Waals surface area (Å²) in [5, 5.41) is 0. The molecule has 0 spiro atoms. The predicted molar refractivity (Wildman–Crippen MR) is 85.7 cm³/mol. The summed E-state index contributed by atoms with van der Waals surface area (Å²) in [6, 6.07) is 5.07. The van der Waals surface area contributed by atoms with Crippen LogP contribution in [0.3, 0.4) is 0 Å². The number of halogens is 3. The minimum Gasteiger partial charge on any atom is -0.337 e. The van der Waals surface area contributed by atoms with Gasteiger partial charge in [0.15, 0.2) is 0 Å². The number of alkyl halides is 3. The molecule has 24 heavy (non-hydrogen) atoms. The Morgan fingerprint density at radius 1 is 1.04 bits per heavy atom. The van der Waals surface area contributed by atoms with Gasteiger partial charge in [-0.2, -0.15) is 13.2 Å². The van der Waals surface area contributed by atoms with Gasteiger partial charge in [0, 0.05) is 26.2 Å². The summed E-state index contributed by atoms with van der Waals surface area (Å²) in [4.78, 5) is 16.6. The van der Waals surface area contributed by atoms with Crippen LogP contribution in [0, 0.1) is 5.92 Å². The Kier molecular flexibility index (Phi) is 5.13. The van der Waals surface area contributed by atoms with Crippen LogP contribution >= 0.6 is 0 Å². The molecule has 1 saturated carbocycles. The fraction of sp³-hybridized carbons (Fsp3) is 0.611. The van der Waals surface area contributed by atoms with E-state index in [-0.39, 0.29) is 5.56 Å². The largest absolute Gasteiger partial charge is 0.417 e. The van der Waals surface area contributed by atoms with Gasteiger partial charge in [0.05, 0.1) is 11.1 Å². The lowest BCUT2D eigenvalue weighted by Gasteiger charge is -2.31. The zero-order valence-electron chi connectivity index (χ0n) is 13.7. The second-order valence-corrected chi connectivity index (χ2v) is 6.79. The average Bonchev–Trinajstić information content (AvgIpc) is 2.75. The second-order valence-electron chi connectivity index (χ2n) is 6.79. The first kappa shape index (κ1) is 17.3. The minimum atomic E-state index is -4.51. The summed E-state index contributed by atoms with van der Waals surface area (Å²) >= 11 is 0. The van der Waals surface area contributed by atoms with Gasteiger partial charge >= 0.3 is 6.18 Å². The van der Waals surface area contributed by atoms with Crippen LogP contribution in [-0.4, -0.2) is 48.4 Å². The maximum Gasteiger partial charge on any atom is 0.417 e. The van der Waals surface area contributed by atoms with Crippen molar-refractivity contribution in [2.45, 2.75) is 31.9 Å². The average molecular weight is 340 g/mol. The second kappa shape index (κ2) is 7.13. The summed E-state index contributed by atoms with van der Waals surface area (Å²) in [7, 11) is 0. The molecule has 0 unspecified atom stereocenters. The number of nitrogens with zero attached hydrogens (tertiary/aromatic N) is 2. The van der Waals surface area contributed by atoms with Crippen LogP contribution in [0.25, 0.3) is 0 Å². The van der Waals surface area contributed by atoms with E-state index in [0.717, 1.165) is 38.0 Å². The van der Waals surface area contributed by atoms with Crippen molar-refractivity contribution in [1.29, 1.82) is 0 Å². The molecule has 1 aromatic carbocycles.